The van der Waals surface area contributed by atoms with E-state index in [1.165, 1.54) is 24.3 Å². The van der Waals surface area contributed by atoms with E-state index in [1.54, 1.807) is 6.92 Å². The van der Waals surface area contributed by atoms with Crippen molar-refractivity contribution >= 4 is 17.9 Å². The van der Waals surface area contributed by atoms with Crippen LogP contribution in [0.25, 0.3) is 0 Å². The fraction of sp³-hybridized carbons (Fsp3) is 0.200. The summed E-state index contributed by atoms with van der Waals surface area (Å²) in [5, 5.41) is 0. The van der Waals surface area contributed by atoms with Crippen molar-refractivity contribution in [2.45, 2.75) is 6.92 Å². The molecule has 0 unspecified atom stereocenters. The minimum absolute atomic E-state index is 0.314. The molecule has 0 heterocycles. The van der Waals surface area contributed by atoms with Crippen molar-refractivity contribution in [3.05, 3.63) is 30.1 Å². The Morgan fingerprint density at radius 1 is 1.50 bits per heavy atom. The molecule has 1 rings (SSSR count). The van der Waals surface area contributed by atoms with Crippen LogP contribution in [0.3, 0.4) is 0 Å². The molecule has 1 aromatic carbocycles. The zero-order chi connectivity index (χ0) is 10.4. The van der Waals surface area contributed by atoms with Gasteiger partial charge in [0.2, 0.25) is 0 Å². The summed E-state index contributed by atoms with van der Waals surface area (Å²) in [5.41, 5.74) is 0.513. The van der Waals surface area contributed by atoms with Gasteiger partial charge in [-0.25, -0.2) is 14.2 Å². The Morgan fingerprint density at radius 2 is 2.14 bits per heavy atom. The largest absolute Gasteiger partial charge is 0.462 e. The van der Waals surface area contributed by atoms with Crippen molar-refractivity contribution in [2.24, 2.45) is 4.99 Å². The SMILES string of the molecule is CCOC(=O)C=Nc1ccc(F)cc1. The Labute approximate surface area is 81.2 Å². The molecule has 0 aromatic heterocycles. The zero-order valence-corrected chi connectivity index (χ0v) is 7.74. The molecule has 0 bridgehead atoms. The Kier molecular flexibility index (Phi) is 3.79. The first-order valence-corrected chi connectivity index (χ1v) is 4.18. The summed E-state index contributed by atoms with van der Waals surface area (Å²) in [4.78, 5) is 14.6. The highest BCUT2D eigenvalue weighted by molar-refractivity contribution is 6.23. The maximum Gasteiger partial charge on any atom is 0.349 e. The van der Waals surface area contributed by atoms with Crippen LogP contribution in [0.2, 0.25) is 0 Å². The van der Waals surface area contributed by atoms with E-state index < -0.39 is 5.97 Å². The lowest BCUT2D eigenvalue weighted by Gasteiger charge is -1.94. The van der Waals surface area contributed by atoms with Crippen molar-refractivity contribution in [1.29, 1.82) is 0 Å². The van der Waals surface area contributed by atoms with E-state index in [-0.39, 0.29) is 5.82 Å². The number of aliphatic imine (C=N–C) groups is 1. The molecule has 0 saturated carbocycles. The van der Waals surface area contributed by atoms with Gasteiger partial charge in [0.1, 0.15) is 12.0 Å². The monoisotopic (exact) mass is 195 g/mol. The van der Waals surface area contributed by atoms with Crippen LogP contribution in [0.1, 0.15) is 6.92 Å². The van der Waals surface area contributed by atoms with Gasteiger partial charge < -0.3 is 4.74 Å². The molecule has 14 heavy (non-hydrogen) atoms. The van der Waals surface area contributed by atoms with Gasteiger partial charge in [0.25, 0.3) is 0 Å². The lowest BCUT2D eigenvalue weighted by Crippen LogP contribution is -2.04. The number of hydrogen-bond donors (Lipinski definition) is 0. The Morgan fingerprint density at radius 3 is 2.71 bits per heavy atom. The van der Waals surface area contributed by atoms with Crippen LogP contribution in [0.5, 0.6) is 0 Å². The zero-order valence-electron chi connectivity index (χ0n) is 7.74. The number of benzene rings is 1. The van der Waals surface area contributed by atoms with Crippen LogP contribution >= 0.6 is 0 Å². The van der Waals surface area contributed by atoms with E-state index in [9.17, 15) is 9.18 Å². The Bertz CT molecular complexity index is 332. The molecular weight excluding hydrogens is 185 g/mol. The van der Waals surface area contributed by atoms with Gasteiger partial charge >= 0.3 is 5.97 Å². The number of nitrogens with zero attached hydrogens (tertiary/aromatic N) is 1. The lowest BCUT2D eigenvalue weighted by molar-refractivity contribution is -0.134. The number of carbonyl (C=O) groups excluding carboxylic acids is 1. The molecule has 0 aliphatic carbocycles. The van der Waals surface area contributed by atoms with E-state index in [4.69, 9.17) is 0 Å². The average Bonchev–Trinajstić information content (AvgIpc) is 2.17. The van der Waals surface area contributed by atoms with Crippen LogP contribution in [0.4, 0.5) is 10.1 Å². The summed E-state index contributed by atoms with van der Waals surface area (Å²) in [7, 11) is 0. The van der Waals surface area contributed by atoms with Crippen LogP contribution in [-0.2, 0) is 9.53 Å². The molecule has 0 fully saturated rings. The second kappa shape index (κ2) is 5.11. The topological polar surface area (TPSA) is 38.7 Å². The van der Waals surface area contributed by atoms with Crippen molar-refractivity contribution in [1.82, 2.24) is 0 Å². The van der Waals surface area contributed by atoms with Crippen molar-refractivity contribution in [3.8, 4) is 0 Å². The number of ether oxygens (including phenoxy) is 1. The molecule has 3 nitrogen and oxygen atoms in total. The van der Waals surface area contributed by atoms with E-state index in [0.717, 1.165) is 6.21 Å². The van der Waals surface area contributed by atoms with E-state index >= 15 is 0 Å². The molecule has 0 aliphatic rings. The fourth-order valence-electron chi connectivity index (χ4n) is 0.834. The van der Waals surface area contributed by atoms with Gasteiger partial charge in [-0.3, -0.25) is 0 Å². The number of esters is 1. The molecule has 0 aliphatic heterocycles. The van der Waals surface area contributed by atoms with Crippen LogP contribution in [-0.4, -0.2) is 18.8 Å². The quantitative estimate of drug-likeness (QED) is 0.547. The van der Waals surface area contributed by atoms with Gasteiger partial charge in [-0.2, -0.15) is 0 Å². The van der Waals surface area contributed by atoms with Crippen molar-refractivity contribution in [3.63, 3.8) is 0 Å². The molecule has 0 N–H and O–H groups in total. The van der Waals surface area contributed by atoms with Gasteiger partial charge in [0.05, 0.1) is 12.3 Å². The predicted molar refractivity (Wildman–Crippen MR) is 51.2 cm³/mol. The first-order chi connectivity index (χ1) is 6.72. The van der Waals surface area contributed by atoms with Crippen molar-refractivity contribution < 1.29 is 13.9 Å². The minimum atomic E-state index is -0.503. The summed E-state index contributed by atoms with van der Waals surface area (Å²) in [6.07, 6.45) is 1.07. The first kappa shape index (κ1) is 10.4. The Balaban J connectivity index is 2.60. The summed E-state index contributed by atoms with van der Waals surface area (Å²) in [6, 6.07) is 5.51. The number of hydrogen-bond acceptors (Lipinski definition) is 3. The van der Waals surface area contributed by atoms with Gasteiger partial charge in [0.15, 0.2) is 0 Å². The molecule has 4 heteroatoms. The average molecular weight is 195 g/mol. The second-order valence-corrected chi connectivity index (χ2v) is 2.49. The molecular formula is C10H10FNO2. The standard InChI is InChI=1S/C10H10FNO2/c1-2-14-10(13)7-12-9-5-3-8(11)4-6-9/h3-7H,2H2,1H3. The fourth-order valence-corrected chi connectivity index (χ4v) is 0.834. The van der Waals surface area contributed by atoms with Gasteiger partial charge in [-0.05, 0) is 31.2 Å². The molecule has 0 radical (unpaired) electrons. The Hall–Kier alpha value is -1.71. The second-order valence-electron chi connectivity index (χ2n) is 2.49. The summed E-state index contributed by atoms with van der Waals surface area (Å²) < 4.78 is 17.1. The van der Waals surface area contributed by atoms with Crippen LogP contribution in [0.15, 0.2) is 29.3 Å². The highest BCUT2D eigenvalue weighted by Crippen LogP contribution is 2.10. The maximum absolute atomic E-state index is 12.5. The normalized spacial score (nSPS) is 10.4. The molecule has 0 atom stereocenters. The summed E-state index contributed by atoms with van der Waals surface area (Å²) in [6.45, 7) is 2.03. The van der Waals surface area contributed by atoms with Gasteiger partial charge in [-0.1, -0.05) is 0 Å². The molecule has 0 amide bonds. The lowest BCUT2D eigenvalue weighted by atomic mass is 10.3. The number of carbonyl (C=O) groups is 1. The third kappa shape index (κ3) is 3.35. The van der Waals surface area contributed by atoms with Gasteiger partial charge in [-0.15, -0.1) is 0 Å². The molecule has 1 aromatic rings. The molecule has 74 valence electrons. The number of rotatable bonds is 3. The smallest absolute Gasteiger partial charge is 0.349 e. The first-order valence-electron chi connectivity index (χ1n) is 4.18. The minimum Gasteiger partial charge on any atom is -0.462 e. The van der Waals surface area contributed by atoms with Crippen LogP contribution < -0.4 is 0 Å². The third-order valence-corrected chi connectivity index (χ3v) is 1.43. The third-order valence-electron chi connectivity index (χ3n) is 1.43. The van der Waals surface area contributed by atoms with Crippen LogP contribution in [0, 0.1) is 5.82 Å². The van der Waals surface area contributed by atoms with E-state index in [2.05, 4.69) is 9.73 Å². The highest BCUT2D eigenvalue weighted by atomic mass is 19.1. The predicted octanol–water partition coefficient (Wildman–Crippen LogP) is 2.09. The number of halogens is 1. The van der Waals surface area contributed by atoms with E-state index in [0.29, 0.717) is 12.3 Å². The van der Waals surface area contributed by atoms with Crippen molar-refractivity contribution in [2.75, 3.05) is 6.61 Å². The van der Waals surface area contributed by atoms with E-state index in [1.807, 2.05) is 0 Å². The highest BCUT2D eigenvalue weighted by Gasteiger charge is 1.95. The van der Waals surface area contributed by atoms with Gasteiger partial charge in [0, 0.05) is 0 Å². The summed E-state index contributed by atoms with van der Waals surface area (Å²) >= 11 is 0. The molecule has 0 saturated heterocycles. The molecule has 0 spiro atoms. The summed E-state index contributed by atoms with van der Waals surface area (Å²) in [5.74, 6) is -0.836. The maximum atomic E-state index is 12.5.